The van der Waals surface area contributed by atoms with Crippen molar-refractivity contribution in [3.63, 3.8) is 0 Å². The van der Waals surface area contributed by atoms with Gasteiger partial charge in [-0.1, -0.05) is 37.3 Å². The molecule has 5 nitrogen and oxygen atoms in total. The summed E-state index contributed by atoms with van der Waals surface area (Å²) in [6, 6.07) is 20.0. The lowest BCUT2D eigenvalue weighted by Crippen LogP contribution is -2.40. The summed E-state index contributed by atoms with van der Waals surface area (Å²) < 4.78 is 38.8. The molecule has 216 valence electrons. The van der Waals surface area contributed by atoms with E-state index in [0.29, 0.717) is 36.2 Å². The van der Waals surface area contributed by atoms with Gasteiger partial charge in [0.15, 0.2) is 0 Å². The van der Waals surface area contributed by atoms with Gasteiger partial charge in [-0.05, 0) is 92.0 Å². The van der Waals surface area contributed by atoms with E-state index in [4.69, 9.17) is 0 Å². The largest absolute Gasteiger partial charge is 0.416 e. The molecule has 0 saturated carbocycles. The molecule has 0 bridgehead atoms. The Hall–Kier alpha value is -3.81. The number of benzene rings is 3. The number of piperidine rings is 2. The van der Waals surface area contributed by atoms with Crippen molar-refractivity contribution in [2.75, 3.05) is 36.4 Å². The second-order valence-corrected chi connectivity index (χ2v) is 11.4. The van der Waals surface area contributed by atoms with E-state index in [-0.39, 0.29) is 11.5 Å². The summed E-state index contributed by atoms with van der Waals surface area (Å²) in [5.41, 5.74) is 2.49. The number of anilines is 2. The van der Waals surface area contributed by atoms with E-state index in [9.17, 15) is 22.8 Å². The molecular formula is C33H36F3N3O2. The van der Waals surface area contributed by atoms with Crippen molar-refractivity contribution in [1.29, 1.82) is 0 Å². The van der Waals surface area contributed by atoms with E-state index in [1.54, 1.807) is 12.1 Å². The summed E-state index contributed by atoms with van der Waals surface area (Å²) in [6.07, 6.45) is 0.530. The van der Waals surface area contributed by atoms with Crippen LogP contribution in [-0.2, 0) is 12.6 Å². The van der Waals surface area contributed by atoms with Crippen LogP contribution in [-0.4, -0.2) is 42.9 Å². The number of amides is 2. The lowest BCUT2D eigenvalue weighted by atomic mass is 9.89. The van der Waals surface area contributed by atoms with Gasteiger partial charge in [0.05, 0.1) is 11.1 Å². The third kappa shape index (κ3) is 7.10. The van der Waals surface area contributed by atoms with E-state index < -0.39 is 17.6 Å². The molecule has 3 aromatic rings. The highest BCUT2D eigenvalue weighted by Gasteiger charge is 2.31. The molecule has 3 aromatic carbocycles. The number of rotatable bonds is 6. The predicted molar refractivity (Wildman–Crippen MR) is 155 cm³/mol. The topological polar surface area (TPSA) is 52.7 Å². The van der Waals surface area contributed by atoms with E-state index >= 15 is 0 Å². The van der Waals surface area contributed by atoms with Crippen molar-refractivity contribution in [3.05, 3.63) is 95.1 Å². The van der Waals surface area contributed by atoms with Crippen LogP contribution >= 0.6 is 0 Å². The first-order valence-corrected chi connectivity index (χ1v) is 14.4. The van der Waals surface area contributed by atoms with Gasteiger partial charge >= 0.3 is 6.18 Å². The van der Waals surface area contributed by atoms with Crippen LogP contribution < -0.4 is 10.2 Å². The Morgan fingerprint density at radius 2 is 1.51 bits per heavy atom. The second-order valence-electron chi connectivity index (χ2n) is 11.4. The lowest BCUT2D eigenvalue weighted by molar-refractivity contribution is -0.137. The van der Waals surface area contributed by atoms with E-state index in [2.05, 4.69) is 41.4 Å². The maximum Gasteiger partial charge on any atom is 0.416 e. The Morgan fingerprint density at radius 3 is 2.15 bits per heavy atom. The zero-order valence-corrected chi connectivity index (χ0v) is 23.3. The Bertz CT molecular complexity index is 1340. The molecule has 8 heteroatoms. The predicted octanol–water partition coefficient (Wildman–Crippen LogP) is 7.29. The SMILES string of the molecule is CC1CCN(C(=O)c2cc(NC(=O)c3ccc(C(F)(F)F)cc3)ccc2N2CCC(Cc3ccccc3)CC2)CC1. The molecule has 0 spiro atoms. The molecule has 2 amide bonds. The van der Waals surface area contributed by atoms with Crippen LogP contribution in [0, 0.1) is 11.8 Å². The molecule has 41 heavy (non-hydrogen) atoms. The number of carbonyl (C=O) groups excluding carboxylic acids is 2. The highest BCUT2D eigenvalue weighted by atomic mass is 19.4. The molecular weight excluding hydrogens is 527 g/mol. The van der Waals surface area contributed by atoms with Gasteiger partial charge in [-0.25, -0.2) is 0 Å². The van der Waals surface area contributed by atoms with Crippen molar-refractivity contribution in [1.82, 2.24) is 4.90 Å². The third-order valence-corrected chi connectivity index (χ3v) is 8.35. The Balaban J connectivity index is 1.33. The summed E-state index contributed by atoms with van der Waals surface area (Å²) >= 11 is 0. The van der Waals surface area contributed by atoms with Gasteiger partial charge in [-0.3, -0.25) is 9.59 Å². The maximum atomic E-state index is 13.8. The molecule has 2 fully saturated rings. The molecule has 2 heterocycles. The summed E-state index contributed by atoms with van der Waals surface area (Å²) in [6.45, 7) is 5.27. The minimum absolute atomic E-state index is 0.0519. The quantitative estimate of drug-likeness (QED) is 0.343. The van der Waals surface area contributed by atoms with Gasteiger partial charge < -0.3 is 15.1 Å². The van der Waals surface area contributed by atoms with E-state index in [0.717, 1.165) is 75.1 Å². The van der Waals surface area contributed by atoms with E-state index in [1.807, 2.05) is 17.0 Å². The number of alkyl halides is 3. The molecule has 5 rings (SSSR count). The van der Waals surface area contributed by atoms with Gasteiger partial charge in [0.2, 0.25) is 0 Å². The van der Waals surface area contributed by atoms with Gasteiger partial charge in [0.25, 0.3) is 11.8 Å². The van der Waals surface area contributed by atoms with Crippen LogP contribution in [0.5, 0.6) is 0 Å². The normalized spacial score (nSPS) is 17.0. The Labute approximate surface area is 239 Å². The van der Waals surface area contributed by atoms with Crippen LogP contribution in [0.15, 0.2) is 72.8 Å². The van der Waals surface area contributed by atoms with Crippen LogP contribution in [0.25, 0.3) is 0 Å². The number of nitrogens with one attached hydrogen (secondary N) is 1. The molecule has 0 radical (unpaired) electrons. The standard InChI is InChI=1S/C33H36F3N3O2/c1-23-13-17-39(18-14-23)32(41)29-22-28(37-31(40)26-7-9-27(10-8-26)33(34,35)36)11-12-30(29)38-19-15-25(16-20-38)21-24-5-3-2-4-6-24/h2-12,22-23,25H,13-21H2,1H3,(H,37,40). The fraction of sp³-hybridized carbons (Fsp3) is 0.394. The van der Waals surface area contributed by atoms with E-state index in [1.165, 1.54) is 5.56 Å². The lowest BCUT2D eigenvalue weighted by Gasteiger charge is -2.36. The number of carbonyl (C=O) groups is 2. The van der Waals surface area contributed by atoms with Crippen molar-refractivity contribution < 1.29 is 22.8 Å². The van der Waals surface area contributed by atoms with Crippen LogP contribution in [0.1, 0.15) is 64.4 Å². The number of nitrogens with zero attached hydrogens (tertiary/aromatic N) is 2. The number of likely N-dealkylation sites (tertiary alicyclic amines) is 1. The molecule has 0 atom stereocenters. The van der Waals surface area contributed by atoms with Crippen molar-refractivity contribution >= 4 is 23.2 Å². The zero-order chi connectivity index (χ0) is 29.0. The maximum absolute atomic E-state index is 13.8. The fourth-order valence-corrected chi connectivity index (χ4v) is 5.78. The minimum Gasteiger partial charge on any atom is -0.371 e. The van der Waals surface area contributed by atoms with Crippen molar-refractivity contribution in [3.8, 4) is 0 Å². The van der Waals surface area contributed by atoms with Crippen LogP contribution in [0.3, 0.4) is 0 Å². The monoisotopic (exact) mass is 563 g/mol. The number of halogens is 3. The summed E-state index contributed by atoms with van der Waals surface area (Å²) in [5, 5.41) is 2.78. The first-order valence-electron chi connectivity index (χ1n) is 14.4. The van der Waals surface area contributed by atoms with Crippen LogP contribution in [0.2, 0.25) is 0 Å². The molecule has 0 aromatic heterocycles. The zero-order valence-electron chi connectivity index (χ0n) is 23.3. The smallest absolute Gasteiger partial charge is 0.371 e. The summed E-state index contributed by atoms with van der Waals surface area (Å²) in [5.74, 6) is 0.581. The molecule has 2 aliphatic heterocycles. The van der Waals surface area contributed by atoms with Gasteiger partial charge in [-0.2, -0.15) is 13.2 Å². The second kappa shape index (κ2) is 12.4. The average molecular weight is 564 g/mol. The average Bonchev–Trinajstić information content (AvgIpc) is 2.98. The Morgan fingerprint density at radius 1 is 0.854 bits per heavy atom. The molecule has 0 unspecified atom stereocenters. The van der Waals surface area contributed by atoms with Crippen molar-refractivity contribution in [2.45, 2.75) is 45.2 Å². The van der Waals surface area contributed by atoms with Crippen molar-refractivity contribution in [2.24, 2.45) is 11.8 Å². The van der Waals surface area contributed by atoms with Gasteiger partial charge in [-0.15, -0.1) is 0 Å². The molecule has 1 N–H and O–H groups in total. The molecule has 2 aliphatic rings. The fourth-order valence-electron chi connectivity index (χ4n) is 5.78. The third-order valence-electron chi connectivity index (χ3n) is 8.35. The molecule has 2 saturated heterocycles. The Kier molecular flexibility index (Phi) is 8.66. The number of hydrogen-bond acceptors (Lipinski definition) is 3. The van der Waals surface area contributed by atoms with Gasteiger partial charge in [0, 0.05) is 43.1 Å². The highest BCUT2D eigenvalue weighted by molar-refractivity contribution is 6.06. The minimum atomic E-state index is -4.47. The summed E-state index contributed by atoms with van der Waals surface area (Å²) in [7, 11) is 0. The molecule has 0 aliphatic carbocycles. The summed E-state index contributed by atoms with van der Waals surface area (Å²) in [4.78, 5) is 30.8. The number of hydrogen-bond donors (Lipinski definition) is 1. The first kappa shape index (κ1) is 28.7. The van der Waals surface area contributed by atoms with Crippen LogP contribution in [0.4, 0.5) is 24.5 Å². The first-order chi connectivity index (χ1) is 19.7. The van der Waals surface area contributed by atoms with Gasteiger partial charge in [0.1, 0.15) is 0 Å². The highest BCUT2D eigenvalue weighted by Crippen LogP contribution is 2.33.